The summed E-state index contributed by atoms with van der Waals surface area (Å²) in [5.74, 6) is -0.540. The first-order valence-corrected chi connectivity index (χ1v) is 5.62. The lowest BCUT2D eigenvalue weighted by atomic mass is 10.0. The van der Waals surface area contributed by atoms with Gasteiger partial charge >= 0.3 is 5.97 Å². The summed E-state index contributed by atoms with van der Waals surface area (Å²) in [6.45, 7) is 0.615. The number of methoxy groups -OCH3 is 1. The second-order valence-electron chi connectivity index (χ2n) is 3.87. The van der Waals surface area contributed by atoms with E-state index in [1.165, 1.54) is 6.07 Å². The van der Waals surface area contributed by atoms with Crippen molar-refractivity contribution in [3.8, 4) is 11.3 Å². The predicted octanol–water partition coefficient (Wildman–Crippen LogP) is 2.83. The van der Waals surface area contributed by atoms with Crippen LogP contribution < -0.4 is 0 Å². The molecular formula is C14H14O4. The summed E-state index contributed by atoms with van der Waals surface area (Å²) in [5, 5.41) is 8.84. The Bertz CT molecular complexity index is 542. The van der Waals surface area contributed by atoms with Crippen LogP contribution in [0.2, 0.25) is 0 Å². The minimum Gasteiger partial charge on any atom is -0.475 e. The van der Waals surface area contributed by atoms with Gasteiger partial charge in [-0.1, -0.05) is 24.3 Å². The molecule has 18 heavy (non-hydrogen) atoms. The van der Waals surface area contributed by atoms with Gasteiger partial charge in [-0.2, -0.15) is 0 Å². The fourth-order valence-corrected chi connectivity index (χ4v) is 1.79. The third-order valence-electron chi connectivity index (χ3n) is 2.68. The Balaban J connectivity index is 2.33. The Morgan fingerprint density at radius 1 is 1.28 bits per heavy atom. The van der Waals surface area contributed by atoms with Crippen molar-refractivity contribution in [2.24, 2.45) is 0 Å². The average Bonchev–Trinajstić information content (AvgIpc) is 2.86. The van der Waals surface area contributed by atoms with Gasteiger partial charge in [0.05, 0.1) is 6.61 Å². The summed E-state index contributed by atoms with van der Waals surface area (Å²) in [5.41, 5.74) is 1.98. The Hall–Kier alpha value is -2.07. The molecule has 1 N–H and O–H groups in total. The number of furan rings is 1. The number of carboxylic acid groups (broad SMARTS) is 1. The topological polar surface area (TPSA) is 59.7 Å². The molecule has 1 aromatic heterocycles. The molecule has 0 unspecified atom stereocenters. The van der Waals surface area contributed by atoms with E-state index in [0.29, 0.717) is 12.4 Å². The maximum absolute atomic E-state index is 10.8. The molecule has 4 heteroatoms. The Morgan fingerprint density at radius 2 is 2.06 bits per heavy atom. The molecule has 0 saturated carbocycles. The van der Waals surface area contributed by atoms with Crippen molar-refractivity contribution < 1.29 is 19.1 Å². The second-order valence-corrected chi connectivity index (χ2v) is 3.87. The third-order valence-corrected chi connectivity index (χ3v) is 2.68. The SMILES string of the molecule is COCCc1ccccc1-c1ccc(C(=O)O)o1. The van der Waals surface area contributed by atoms with Gasteiger partial charge in [0.1, 0.15) is 5.76 Å². The van der Waals surface area contributed by atoms with Gasteiger partial charge in [0.25, 0.3) is 0 Å². The summed E-state index contributed by atoms with van der Waals surface area (Å²) >= 11 is 0. The van der Waals surface area contributed by atoms with E-state index >= 15 is 0 Å². The molecule has 0 bridgehead atoms. The largest absolute Gasteiger partial charge is 0.475 e. The number of hydrogen-bond donors (Lipinski definition) is 1. The van der Waals surface area contributed by atoms with Gasteiger partial charge in [0.15, 0.2) is 0 Å². The van der Waals surface area contributed by atoms with Gasteiger partial charge in [0, 0.05) is 12.7 Å². The van der Waals surface area contributed by atoms with E-state index in [-0.39, 0.29) is 5.76 Å². The van der Waals surface area contributed by atoms with Crippen LogP contribution in [0.1, 0.15) is 16.1 Å². The zero-order chi connectivity index (χ0) is 13.0. The molecule has 2 rings (SSSR count). The molecule has 0 spiro atoms. The molecule has 0 fully saturated rings. The van der Waals surface area contributed by atoms with Crippen LogP contribution in [0.15, 0.2) is 40.8 Å². The van der Waals surface area contributed by atoms with Crippen LogP contribution in [0, 0.1) is 0 Å². The maximum Gasteiger partial charge on any atom is 0.371 e. The van der Waals surface area contributed by atoms with E-state index in [1.54, 1.807) is 13.2 Å². The van der Waals surface area contributed by atoms with Crippen LogP contribution in [0.5, 0.6) is 0 Å². The minimum atomic E-state index is -1.06. The highest BCUT2D eigenvalue weighted by Crippen LogP contribution is 2.26. The molecule has 4 nitrogen and oxygen atoms in total. The van der Waals surface area contributed by atoms with E-state index in [0.717, 1.165) is 17.5 Å². The number of rotatable bonds is 5. The van der Waals surface area contributed by atoms with Crippen molar-refractivity contribution >= 4 is 5.97 Å². The summed E-state index contributed by atoms with van der Waals surface area (Å²) in [6, 6.07) is 10.9. The molecule has 2 aromatic rings. The van der Waals surface area contributed by atoms with Crippen LogP contribution in [-0.2, 0) is 11.2 Å². The first-order chi connectivity index (χ1) is 8.72. The van der Waals surface area contributed by atoms with E-state index in [2.05, 4.69) is 0 Å². The molecule has 0 atom stereocenters. The van der Waals surface area contributed by atoms with Crippen LogP contribution in [0.3, 0.4) is 0 Å². The van der Waals surface area contributed by atoms with Gasteiger partial charge in [0.2, 0.25) is 5.76 Å². The molecule has 0 aliphatic rings. The van der Waals surface area contributed by atoms with Crippen molar-refractivity contribution in [2.75, 3.05) is 13.7 Å². The predicted molar refractivity (Wildman–Crippen MR) is 66.7 cm³/mol. The van der Waals surface area contributed by atoms with Gasteiger partial charge in [-0.15, -0.1) is 0 Å². The van der Waals surface area contributed by atoms with Crippen molar-refractivity contribution in [2.45, 2.75) is 6.42 Å². The van der Waals surface area contributed by atoms with Crippen LogP contribution in [-0.4, -0.2) is 24.8 Å². The Morgan fingerprint density at radius 3 is 2.72 bits per heavy atom. The van der Waals surface area contributed by atoms with E-state index in [1.807, 2.05) is 24.3 Å². The molecule has 0 radical (unpaired) electrons. The highest BCUT2D eigenvalue weighted by Gasteiger charge is 2.12. The molecular weight excluding hydrogens is 232 g/mol. The van der Waals surface area contributed by atoms with Gasteiger partial charge < -0.3 is 14.3 Å². The number of ether oxygens (including phenoxy) is 1. The number of carboxylic acids is 1. The zero-order valence-electron chi connectivity index (χ0n) is 10.1. The summed E-state index contributed by atoms with van der Waals surface area (Å²) in [4.78, 5) is 10.8. The van der Waals surface area contributed by atoms with Crippen LogP contribution >= 0.6 is 0 Å². The van der Waals surface area contributed by atoms with Gasteiger partial charge in [-0.25, -0.2) is 4.79 Å². The quantitative estimate of drug-likeness (QED) is 0.881. The standard InChI is InChI=1S/C14H14O4/c1-17-9-8-10-4-2-3-5-11(10)12-6-7-13(18-12)14(15)16/h2-7H,8-9H2,1H3,(H,15,16). The van der Waals surface area contributed by atoms with Crippen LogP contribution in [0.4, 0.5) is 0 Å². The minimum absolute atomic E-state index is 0.0495. The number of carbonyl (C=O) groups is 1. The number of benzene rings is 1. The zero-order valence-corrected chi connectivity index (χ0v) is 10.1. The van der Waals surface area contributed by atoms with Crippen molar-refractivity contribution in [1.29, 1.82) is 0 Å². The summed E-state index contributed by atoms with van der Waals surface area (Å²) in [6.07, 6.45) is 0.760. The molecule has 0 aliphatic carbocycles. The van der Waals surface area contributed by atoms with Crippen molar-refractivity contribution in [1.82, 2.24) is 0 Å². The van der Waals surface area contributed by atoms with Gasteiger partial charge in [-0.3, -0.25) is 0 Å². The van der Waals surface area contributed by atoms with E-state index in [9.17, 15) is 4.79 Å². The Kier molecular flexibility index (Phi) is 3.79. The van der Waals surface area contributed by atoms with Crippen molar-refractivity contribution in [3.05, 3.63) is 47.7 Å². The van der Waals surface area contributed by atoms with Crippen LogP contribution in [0.25, 0.3) is 11.3 Å². The molecule has 0 aliphatic heterocycles. The molecule has 1 aromatic carbocycles. The summed E-state index contributed by atoms with van der Waals surface area (Å²) < 4.78 is 10.4. The number of aromatic carboxylic acids is 1. The Labute approximate surface area is 105 Å². The normalized spacial score (nSPS) is 10.5. The summed E-state index contributed by atoms with van der Waals surface area (Å²) in [7, 11) is 1.65. The lowest BCUT2D eigenvalue weighted by Crippen LogP contribution is -1.96. The fourth-order valence-electron chi connectivity index (χ4n) is 1.79. The molecule has 0 amide bonds. The molecule has 1 heterocycles. The monoisotopic (exact) mass is 246 g/mol. The highest BCUT2D eigenvalue weighted by molar-refractivity contribution is 5.85. The van der Waals surface area contributed by atoms with E-state index < -0.39 is 5.97 Å². The number of hydrogen-bond acceptors (Lipinski definition) is 3. The fraction of sp³-hybridized carbons (Fsp3) is 0.214. The highest BCUT2D eigenvalue weighted by atomic mass is 16.5. The first-order valence-electron chi connectivity index (χ1n) is 5.62. The van der Waals surface area contributed by atoms with E-state index in [4.69, 9.17) is 14.3 Å². The maximum atomic E-state index is 10.8. The third kappa shape index (κ3) is 2.60. The first kappa shape index (κ1) is 12.4. The lowest BCUT2D eigenvalue weighted by molar-refractivity contribution is 0.0663. The average molecular weight is 246 g/mol. The molecule has 94 valence electrons. The lowest BCUT2D eigenvalue weighted by Gasteiger charge is -2.06. The second kappa shape index (κ2) is 5.51. The van der Waals surface area contributed by atoms with Gasteiger partial charge in [-0.05, 0) is 24.1 Å². The van der Waals surface area contributed by atoms with Crippen molar-refractivity contribution in [3.63, 3.8) is 0 Å². The molecule has 0 saturated heterocycles. The smallest absolute Gasteiger partial charge is 0.371 e.